The third-order valence-electron chi connectivity index (χ3n) is 2.76. The molecular formula is C15H21ClN2O4. The van der Waals surface area contributed by atoms with Crippen molar-refractivity contribution in [2.24, 2.45) is 0 Å². The van der Waals surface area contributed by atoms with E-state index >= 15 is 0 Å². The molecular weight excluding hydrogens is 308 g/mol. The van der Waals surface area contributed by atoms with Crippen molar-refractivity contribution in [2.45, 2.75) is 20.3 Å². The van der Waals surface area contributed by atoms with Crippen LogP contribution in [0.1, 0.15) is 30.6 Å². The SMILES string of the molecule is CCCNC(=O)CNC(=O)c1cc(Cl)c(OCC)c(OC)c1. The summed E-state index contributed by atoms with van der Waals surface area (Å²) in [5.74, 6) is 0.118. The summed E-state index contributed by atoms with van der Waals surface area (Å²) in [5.41, 5.74) is 0.300. The molecule has 0 aliphatic carbocycles. The van der Waals surface area contributed by atoms with Gasteiger partial charge in [0.05, 0.1) is 25.3 Å². The molecule has 0 bridgehead atoms. The first-order valence-electron chi connectivity index (χ1n) is 7.08. The summed E-state index contributed by atoms with van der Waals surface area (Å²) in [7, 11) is 1.47. The van der Waals surface area contributed by atoms with E-state index in [0.717, 1.165) is 6.42 Å². The van der Waals surface area contributed by atoms with Gasteiger partial charge in [-0.15, -0.1) is 0 Å². The summed E-state index contributed by atoms with van der Waals surface area (Å²) in [6, 6.07) is 3.00. The predicted octanol–water partition coefficient (Wildman–Crippen LogP) is 2.00. The average molecular weight is 329 g/mol. The number of amides is 2. The van der Waals surface area contributed by atoms with Gasteiger partial charge in [-0.25, -0.2) is 0 Å². The number of carbonyl (C=O) groups excluding carboxylic acids is 2. The topological polar surface area (TPSA) is 76.7 Å². The first-order chi connectivity index (χ1) is 10.5. The maximum Gasteiger partial charge on any atom is 0.251 e. The predicted molar refractivity (Wildman–Crippen MR) is 84.8 cm³/mol. The molecule has 6 nitrogen and oxygen atoms in total. The van der Waals surface area contributed by atoms with Crippen molar-refractivity contribution in [1.82, 2.24) is 10.6 Å². The fraction of sp³-hybridized carbons (Fsp3) is 0.467. The number of nitrogens with one attached hydrogen (secondary N) is 2. The summed E-state index contributed by atoms with van der Waals surface area (Å²) < 4.78 is 10.6. The van der Waals surface area contributed by atoms with Crippen molar-refractivity contribution >= 4 is 23.4 Å². The Kier molecular flexibility index (Phi) is 7.52. The fourth-order valence-corrected chi connectivity index (χ4v) is 1.99. The summed E-state index contributed by atoms with van der Waals surface area (Å²) in [6.45, 7) is 4.70. The number of hydrogen-bond donors (Lipinski definition) is 2. The molecule has 0 unspecified atom stereocenters. The van der Waals surface area contributed by atoms with Crippen LogP contribution in [0.5, 0.6) is 11.5 Å². The van der Waals surface area contributed by atoms with Gasteiger partial charge < -0.3 is 20.1 Å². The molecule has 22 heavy (non-hydrogen) atoms. The van der Waals surface area contributed by atoms with Gasteiger partial charge in [0, 0.05) is 12.1 Å². The minimum atomic E-state index is -0.408. The van der Waals surface area contributed by atoms with E-state index in [9.17, 15) is 9.59 Å². The van der Waals surface area contributed by atoms with Crippen LogP contribution in [-0.4, -0.2) is 38.6 Å². The van der Waals surface area contributed by atoms with Crippen LogP contribution in [0.15, 0.2) is 12.1 Å². The van der Waals surface area contributed by atoms with Crippen LogP contribution in [0.3, 0.4) is 0 Å². The lowest BCUT2D eigenvalue weighted by Crippen LogP contribution is -2.37. The quantitative estimate of drug-likeness (QED) is 0.765. The molecule has 0 aromatic heterocycles. The molecule has 1 aromatic carbocycles. The van der Waals surface area contributed by atoms with Crippen LogP contribution in [0.4, 0.5) is 0 Å². The molecule has 0 saturated carbocycles. The molecule has 1 rings (SSSR count). The van der Waals surface area contributed by atoms with Crippen LogP contribution >= 0.6 is 11.6 Å². The molecule has 1 aromatic rings. The Morgan fingerprint density at radius 1 is 1.23 bits per heavy atom. The molecule has 0 spiro atoms. The minimum Gasteiger partial charge on any atom is -0.493 e. The molecule has 2 amide bonds. The monoisotopic (exact) mass is 328 g/mol. The molecule has 0 atom stereocenters. The minimum absolute atomic E-state index is 0.0913. The Hall–Kier alpha value is -1.95. The van der Waals surface area contributed by atoms with Gasteiger partial charge in [-0.2, -0.15) is 0 Å². The lowest BCUT2D eigenvalue weighted by Gasteiger charge is -2.13. The first kappa shape index (κ1) is 18.1. The summed E-state index contributed by atoms with van der Waals surface area (Å²) in [4.78, 5) is 23.5. The highest BCUT2D eigenvalue weighted by molar-refractivity contribution is 6.32. The maximum atomic E-state index is 12.1. The number of ether oxygens (including phenoxy) is 2. The first-order valence-corrected chi connectivity index (χ1v) is 7.46. The molecule has 0 saturated heterocycles. The van der Waals surface area contributed by atoms with E-state index in [-0.39, 0.29) is 17.5 Å². The second kappa shape index (κ2) is 9.15. The lowest BCUT2D eigenvalue weighted by atomic mass is 10.2. The third-order valence-corrected chi connectivity index (χ3v) is 3.04. The Balaban J connectivity index is 2.77. The average Bonchev–Trinajstić information content (AvgIpc) is 2.52. The van der Waals surface area contributed by atoms with Gasteiger partial charge in [0.2, 0.25) is 5.91 Å². The number of hydrogen-bond acceptors (Lipinski definition) is 4. The zero-order valence-electron chi connectivity index (χ0n) is 13.0. The second-order valence-corrected chi connectivity index (χ2v) is 4.86. The van der Waals surface area contributed by atoms with Gasteiger partial charge in [0.25, 0.3) is 5.91 Å². The van der Waals surface area contributed by atoms with Gasteiger partial charge in [0.1, 0.15) is 0 Å². The number of halogens is 1. The van der Waals surface area contributed by atoms with E-state index in [2.05, 4.69) is 10.6 Å². The Bertz CT molecular complexity index is 535. The van der Waals surface area contributed by atoms with Crippen molar-refractivity contribution in [1.29, 1.82) is 0 Å². The number of benzene rings is 1. The van der Waals surface area contributed by atoms with Crippen LogP contribution in [-0.2, 0) is 4.79 Å². The van der Waals surface area contributed by atoms with Crippen molar-refractivity contribution in [3.05, 3.63) is 22.7 Å². The Labute approximate surface area is 135 Å². The fourth-order valence-electron chi connectivity index (χ4n) is 1.72. The van der Waals surface area contributed by atoms with E-state index < -0.39 is 5.91 Å². The molecule has 0 fully saturated rings. The standard InChI is InChI=1S/C15H21ClN2O4/c1-4-6-17-13(19)9-18-15(20)10-7-11(16)14(22-5-2)12(8-10)21-3/h7-8H,4-6,9H2,1-3H3,(H,17,19)(H,18,20). The van der Waals surface area contributed by atoms with Gasteiger partial charge in [-0.1, -0.05) is 18.5 Å². The molecule has 0 aliphatic heterocycles. The van der Waals surface area contributed by atoms with Crippen LogP contribution in [0, 0.1) is 0 Å². The molecule has 2 N–H and O–H groups in total. The van der Waals surface area contributed by atoms with Gasteiger partial charge in [0.15, 0.2) is 11.5 Å². The van der Waals surface area contributed by atoms with E-state index in [0.29, 0.717) is 30.2 Å². The largest absolute Gasteiger partial charge is 0.493 e. The Morgan fingerprint density at radius 3 is 2.55 bits per heavy atom. The molecule has 0 radical (unpaired) electrons. The summed E-state index contributed by atoms with van der Waals surface area (Å²) in [6.07, 6.45) is 0.839. The number of rotatable bonds is 8. The summed E-state index contributed by atoms with van der Waals surface area (Å²) in [5, 5.41) is 5.49. The zero-order valence-corrected chi connectivity index (χ0v) is 13.8. The lowest BCUT2D eigenvalue weighted by molar-refractivity contribution is -0.120. The molecule has 7 heteroatoms. The highest BCUT2D eigenvalue weighted by atomic mass is 35.5. The Morgan fingerprint density at radius 2 is 1.95 bits per heavy atom. The van der Waals surface area contributed by atoms with Crippen LogP contribution < -0.4 is 20.1 Å². The highest BCUT2D eigenvalue weighted by Gasteiger charge is 2.16. The van der Waals surface area contributed by atoms with Crippen molar-refractivity contribution in [3.63, 3.8) is 0 Å². The van der Waals surface area contributed by atoms with Crippen molar-refractivity contribution in [2.75, 3.05) is 26.8 Å². The maximum absolute atomic E-state index is 12.1. The van der Waals surface area contributed by atoms with Crippen molar-refractivity contribution in [3.8, 4) is 11.5 Å². The van der Waals surface area contributed by atoms with E-state index in [1.807, 2.05) is 13.8 Å². The van der Waals surface area contributed by atoms with Gasteiger partial charge in [-0.05, 0) is 25.5 Å². The zero-order chi connectivity index (χ0) is 16.5. The van der Waals surface area contributed by atoms with Gasteiger partial charge in [-0.3, -0.25) is 9.59 Å². The van der Waals surface area contributed by atoms with E-state index in [4.69, 9.17) is 21.1 Å². The van der Waals surface area contributed by atoms with E-state index in [1.54, 1.807) is 0 Å². The molecule has 0 heterocycles. The second-order valence-electron chi connectivity index (χ2n) is 4.46. The van der Waals surface area contributed by atoms with E-state index in [1.165, 1.54) is 19.2 Å². The molecule has 0 aliphatic rings. The van der Waals surface area contributed by atoms with Crippen LogP contribution in [0.2, 0.25) is 5.02 Å². The smallest absolute Gasteiger partial charge is 0.251 e. The molecule has 122 valence electrons. The number of carbonyl (C=O) groups is 2. The van der Waals surface area contributed by atoms with Crippen LogP contribution in [0.25, 0.3) is 0 Å². The summed E-state index contributed by atoms with van der Waals surface area (Å²) >= 11 is 6.10. The van der Waals surface area contributed by atoms with Crippen molar-refractivity contribution < 1.29 is 19.1 Å². The normalized spacial score (nSPS) is 10.0. The highest BCUT2D eigenvalue weighted by Crippen LogP contribution is 2.36. The third kappa shape index (κ3) is 5.11. The van der Waals surface area contributed by atoms with Gasteiger partial charge >= 0.3 is 0 Å². The number of methoxy groups -OCH3 is 1.